The highest BCUT2D eigenvalue weighted by molar-refractivity contribution is 6.30. The lowest BCUT2D eigenvalue weighted by molar-refractivity contribution is -0.120. The Bertz CT molecular complexity index is 324. The molecule has 0 unspecified atom stereocenters. The fourth-order valence-corrected chi connectivity index (χ4v) is 1.66. The van der Waals surface area contributed by atoms with Crippen molar-refractivity contribution in [3.8, 4) is 0 Å². The topological polar surface area (TPSA) is 29.1 Å². The summed E-state index contributed by atoms with van der Waals surface area (Å²) < 4.78 is 0. The van der Waals surface area contributed by atoms with E-state index < -0.39 is 5.38 Å². The monoisotopic (exact) mass is 239 g/mol. The molecule has 3 heteroatoms. The zero-order chi connectivity index (χ0) is 12.0. The lowest BCUT2D eigenvalue weighted by Crippen LogP contribution is -2.33. The first-order chi connectivity index (χ1) is 7.65. The van der Waals surface area contributed by atoms with Gasteiger partial charge in [-0.2, -0.15) is 0 Å². The number of carbonyl (C=O) groups excluding carboxylic acids is 1. The van der Waals surface area contributed by atoms with Crippen LogP contribution in [-0.2, 0) is 4.79 Å². The Kier molecular flexibility index (Phi) is 5.33. The minimum Gasteiger partial charge on any atom is -0.354 e. The molecular weight excluding hydrogens is 222 g/mol. The van der Waals surface area contributed by atoms with Crippen LogP contribution in [0.25, 0.3) is 0 Å². The van der Waals surface area contributed by atoms with Crippen molar-refractivity contribution < 1.29 is 4.79 Å². The Morgan fingerprint density at radius 2 is 2.00 bits per heavy atom. The van der Waals surface area contributed by atoms with E-state index >= 15 is 0 Å². The number of carbonyl (C=O) groups is 1. The van der Waals surface area contributed by atoms with Gasteiger partial charge in [-0.05, 0) is 18.9 Å². The summed E-state index contributed by atoms with van der Waals surface area (Å²) in [6.07, 6.45) is 1.00. The van der Waals surface area contributed by atoms with Gasteiger partial charge < -0.3 is 5.32 Å². The fraction of sp³-hybridized carbons (Fsp3) is 0.462. The van der Waals surface area contributed by atoms with Crippen LogP contribution < -0.4 is 5.32 Å². The molecule has 2 nitrogen and oxygen atoms in total. The molecule has 0 aromatic heterocycles. The van der Waals surface area contributed by atoms with Crippen LogP contribution >= 0.6 is 11.6 Å². The summed E-state index contributed by atoms with van der Waals surface area (Å²) in [6.45, 7) is 4.45. The van der Waals surface area contributed by atoms with Gasteiger partial charge in [0, 0.05) is 12.5 Å². The van der Waals surface area contributed by atoms with Gasteiger partial charge in [-0.25, -0.2) is 0 Å². The van der Waals surface area contributed by atoms with E-state index in [1.54, 1.807) is 6.92 Å². The summed E-state index contributed by atoms with van der Waals surface area (Å²) in [5.41, 5.74) is 1.26. The molecule has 0 aliphatic heterocycles. The molecule has 2 atom stereocenters. The standard InChI is InChI=1S/C13H18ClNO/c1-3-11(9-15-13(16)10(2)14)12-7-5-4-6-8-12/h4-8,10-11H,3,9H2,1-2H3,(H,15,16)/t10-,11-/m0/s1. The van der Waals surface area contributed by atoms with Crippen molar-refractivity contribution in [3.63, 3.8) is 0 Å². The Hall–Kier alpha value is -1.02. The van der Waals surface area contributed by atoms with Gasteiger partial charge in [-0.3, -0.25) is 4.79 Å². The Morgan fingerprint density at radius 1 is 1.38 bits per heavy atom. The van der Waals surface area contributed by atoms with Crippen molar-refractivity contribution in [1.29, 1.82) is 0 Å². The Morgan fingerprint density at radius 3 is 2.50 bits per heavy atom. The lowest BCUT2D eigenvalue weighted by atomic mass is 9.96. The number of nitrogens with one attached hydrogen (secondary N) is 1. The summed E-state index contributed by atoms with van der Waals surface area (Å²) in [6, 6.07) is 10.2. The average molecular weight is 240 g/mol. The van der Waals surface area contributed by atoms with E-state index in [2.05, 4.69) is 24.4 Å². The van der Waals surface area contributed by atoms with Gasteiger partial charge in [0.05, 0.1) is 0 Å². The number of hydrogen-bond donors (Lipinski definition) is 1. The molecule has 0 spiro atoms. The third-order valence-electron chi connectivity index (χ3n) is 2.65. The van der Waals surface area contributed by atoms with Crippen LogP contribution in [0.3, 0.4) is 0 Å². The number of hydrogen-bond acceptors (Lipinski definition) is 1. The summed E-state index contributed by atoms with van der Waals surface area (Å²) in [5.74, 6) is 0.261. The number of halogens is 1. The molecule has 0 aliphatic carbocycles. The van der Waals surface area contributed by atoms with Crippen LogP contribution in [0.1, 0.15) is 31.7 Å². The number of benzene rings is 1. The van der Waals surface area contributed by atoms with E-state index in [-0.39, 0.29) is 5.91 Å². The molecule has 1 rings (SSSR count). The predicted molar refractivity (Wildman–Crippen MR) is 67.8 cm³/mol. The molecule has 0 saturated carbocycles. The largest absolute Gasteiger partial charge is 0.354 e. The second-order valence-electron chi connectivity index (χ2n) is 3.88. The number of amides is 1. The second-order valence-corrected chi connectivity index (χ2v) is 4.53. The minimum absolute atomic E-state index is 0.101. The third-order valence-corrected chi connectivity index (χ3v) is 2.85. The van der Waals surface area contributed by atoms with Crippen molar-refractivity contribution in [1.82, 2.24) is 5.32 Å². The molecule has 16 heavy (non-hydrogen) atoms. The molecule has 0 heterocycles. The SMILES string of the molecule is CC[C@@H](CNC(=O)[C@H](C)Cl)c1ccccc1. The van der Waals surface area contributed by atoms with E-state index in [0.29, 0.717) is 12.5 Å². The maximum atomic E-state index is 11.4. The minimum atomic E-state index is -0.465. The highest BCUT2D eigenvalue weighted by Crippen LogP contribution is 2.17. The summed E-state index contributed by atoms with van der Waals surface area (Å²) >= 11 is 5.69. The molecule has 0 fully saturated rings. The first kappa shape index (κ1) is 13.0. The number of alkyl halides is 1. The van der Waals surface area contributed by atoms with Gasteiger partial charge in [-0.1, -0.05) is 37.3 Å². The van der Waals surface area contributed by atoms with Crippen LogP contribution in [-0.4, -0.2) is 17.8 Å². The van der Waals surface area contributed by atoms with Crippen LogP contribution in [0.2, 0.25) is 0 Å². The van der Waals surface area contributed by atoms with E-state index in [4.69, 9.17) is 11.6 Å². The fourth-order valence-electron chi connectivity index (χ4n) is 1.59. The van der Waals surface area contributed by atoms with Crippen LogP contribution in [0, 0.1) is 0 Å². The first-order valence-electron chi connectivity index (χ1n) is 5.61. The molecular formula is C13H18ClNO. The van der Waals surface area contributed by atoms with E-state index in [9.17, 15) is 4.79 Å². The highest BCUT2D eigenvalue weighted by Gasteiger charge is 2.13. The average Bonchev–Trinajstić information content (AvgIpc) is 2.30. The molecule has 0 aliphatic rings. The predicted octanol–water partition coefficient (Wildman–Crippen LogP) is 2.92. The van der Waals surface area contributed by atoms with Crippen molar-refractivity contribution >= 4 is 17.5 Å². The van der Waals surface area contributed by atoms with Crippen molar-refractivity contribution in [3.05, 3.63) is 35.9 Å². The molecule has 0 radical (unpaired) electrons. The molecule has 1 aromatic carbocycles. The van der Waals surface area contributed by atoms with Gasteiger partial charge in [0.25, 0.3) is 0 Å². The van der Waals surface area contributed by atoms with Crippen LogP contribution in [0.4, 0.5) is 0 Å². The quantitative estimate of drug-likeness (QED) is 0.787. The van der Waals surface area contributed by atoms with Crippen molar-refractivity contribution in [2.45, 2.75) is 31.6 Å². The van der Waals surface area contributed by atoms with E-state index in [1.165, 1.54) is 5.56 Å². The number of rotatable bonds is 5. The normalized spacial score (nSPS) is 14.2. The van der Waals surface area contributed by atoms with Gasteiger partial charge in [0.2, 0.25) is 5.91 Å². The van der Waals surface area contributed by atoms with Gasteiger partial charge in [-0.15, -0.1) is 11.6 Å². The van der Waals surface area contributed by atoms with E-state index in [0.717, 1.165) is 6.42 Å². The smallest absolute Gasteiger partial charge is 0.237 e. The van der Waals surface area contributed by atoms with Gasteiger partial charge in [0.15, 0.2) is 0 Å². The molecule has 1 amide bonds. The lowest BCUT2D eigenvalue weighted by Gasteiger charge is -2.16. The first-order valence-corrected chi connectivity index (χ1v) is 6.05. The maximum Gasteiger partial charge on any atom is 0.237 e. The van der Waals surface area contributed by atoms with Crippen LogP contribution in [0.5, 0.6) is 0 Å². The second kappa shape index (κ2) is 6.54. The molecule has 88 valence electrons. The zero-order valence-corrected chi connectivity index (χ0v) is 10.5. The third kappa shape index (κ3) is 3.86. The van der Waals surface area contributed by atoms with Crippen molar-refractivity contribution in [2.75, 3.05) is 6.54 Å². The molecule has 1 aromatic rings. The summed E-state index contributed by atoms with van der Waals surface area (Å²) in [4.78, 5) is 11.4. The van der Waals surface area contributed by atoms with Gasteiger partial charge in [0.1, 0.15) is 5.38 Å². The summed E-state index contributed by atoms with van der Waals surface area (Å²) in [5, 5.41) is 2.40. The highest BCUT2D eigenvalue weighted by atomic mass is 35.5. The molecule has 0 bridgehead atoms. The van der Waals surface area contributed by atoms with Crippen LogP contribution in [0.15, 0.2) is 30.3 Å². The molecule has 1 N–H and O–H groups in total. The Labute approximate surface area is 102 Å². The maximum absolute atomic E-state index is 11.4. The molecule has 0 saturated heterocycles. The van der Waals surface area contributed by atoms with Crippen molar-refractivity contribution in [2.24, 2.45) is 0 Å². The van der Waals surface area contributed by atoms with Gasteiger partial charge >= 0.3 is 0 Å². The Balaban J connectivity index is 2.54. The summed E-state index contributed by atoms with van der Waals surface area (Å²) in [7, 11) is 0. The van der Waals surface area contributed by atoms with E-state index in [1.807, 2.05) is 18.2 Å². The zero-order valence-electron chi connectivity index (χ0n) is 9.74.